The van der Waals surface area contributed by atoms with E-state index >= 15 is 0 Å². The van der Waals surface area contributed by atoms with Crippen molar-refractivity contribution in [3.8, 4) is 5.75 Å². The van der Waals surface area contributed by atoms with Crippen LogP contribution in [-0.2, 0) is 11.3 Å². The summed E-state index contributed by atoms with van der Waals surface area (Å²) in [5.41, 5.74) is 5.70. The lowest BCUT2D eigenvalue weighted by Gasteiger charge is -2.11. The quantitative estimate of drug-likeness (QED) is 0.333. The molecule has 6 heteroatoms. The molecule has 0 spiro atoms. The number of hydrazone groups is 1. The smallest absolute Gasteiger partial charge is 0.186 e. The molecule has 0 aliphatic heterocycles. The van der Waals surface area contributed by atoms with Crippen molar-refractivity contribution in [3.63, 3.8) is 0 Å². The van der Waals surface area contributed by atoms with Crippen LogP contribution in [0.15, 0.2) is 23.3 Å². The number of hydrogen-bond acceptors (Lipinski definition) is 4. The first-order chi connectivity index (χ1) is 10.6. The summed E-state index contributed by atoms with van der Waals surface area (Å²) in [7, 11) is 3.31. The Hall–Kier alpha value is -1.66. The molecule has 2 N–H and O–H groups in total. The van der Waals surface area contributed by atoms with Crippen LogP contribution in [0.2, 0.25) is 0 Å². The fourth-order valence-electron chi connectivity index (χ4n) is 1.89. The minimum absolute atomic E-state index is 0.495. The molecule has 1 aromatic carbocycles. The van der Waals surface area contributed by atoms with E-state index in [9.17, 15) is 0 Å². The zero-order valence-corrected chi connectivity index (χ0v) is 14.5. The van der Waals surface area contributed by atoms with E-state index in [0.717, 1.165) is 42.0 Å². The first-order valence-electron chi connectivity index (χ1n) is 7.36. The maximum absolute atomic E-state index is 5.32. The van der Waals surface area contributed by atoms with Crippen LogP contribution in [0.3, 0.4) is 0 Å². The van der Waals surface area contributed by atoms with Crippen molar-refractivity contribution in [1.29, 1.82) is 0 Å². The highest BCUT2D eigenvalue weighted by molar-refractivity contribution is 7.80. The normalized spacial score (nSPS) is 11.2. The summed E-state index contributed by atoms with van der Waals surface area (Å²) < 4.78 is 10.5. The number of benzene rings is 1. The second-order valence-electron chi connectivity index (χ2n) is 4.88. The Labute approximate surface area is 138 Å². The topological polar surface area (TPSA) is 54.9 Å². The largest absolute Gasteiger partial charge is 0.496 e. The molecule has 0 heterocycles. The van der Waals surface area contributed by atoms with Crippen molar-refractivity contribution in [1.82, 2.24) is 10.7 Å². The van der Waals surface area contributed by atoms with Crippen LogP contribution >= 0.6 is 12.2 Å². The number of hydrogen-bond donors (Lipinski definition) is 2. The third-order valence-corrected chi connectivity index (χ3v) is 3.37. The highest BCUT2D eigenvalue weighted by Gasteiger charge is 2.06. The number of methoxy groups -OCH3 is 2. The lowest BCUT2D eigenvalue weighted by Crippen LogP contribution is -2.33. The van der Waals surface area contributed by atoms with Crippen molar-refractivity contribution >= 4 is 23.0 Å². The molecule has 22 heavy (non-hydrogen) atoms. The average Bonchev–Trinajstić information content (AvgIpc) is 2.53. The molecule has 0 atom stereocenters. The Morgan fingerprint density at radius 2 is 2.09 bits per heavy atom. The molecule has 0 fully saturated rings. The SMILES string of the molecule is CCCCNC(=S)N/N=C(/C)c1ccc(OC)c(COC)c1. The van der Waals surface area contributed by atoms with E-state index in [4.69, 9.17) is 21.7 Å². The van der Waals surface area contributed by atoms with Gasteiger partial charge in [0.25, 0.3) is 0 Å². The van der Waals surface area contributed by atoms with Gasteiger partial charge in [-0.3, -0.25) is 5.43 Å². The second-order valence-corrected chi connectivity index (χ2v) is 5.29. The molecule has 0 unspecified atom stereocenters. The van der Waals surface area contributed by atoms with Crippen molar-refractivity contribution in [2.24, 2.45) is 5.10 Å². The van der Waals surface area contributed by atoms with E-state index < -0.39 is 0 Å². The predicted molar refractivity (Wildman–Crippen MR) is 94.6 cm³/mol. The number of rotatable bonds is 8. The van der Waals surface area contributed by atoms with E-state index in [0.29, 0.717) is 11.7 Å². The average molecular weight is 323 g/mol. The molecular formula is C16H25N3O2S. The predicted octanol–water partition coefficient (Wildman–Crippen LogP) is 2.83. The first-order valence-corrected chi connectivity index (χ1v) is 7.77. The lowest BCUT2D eigenvalue weighted by atomic mass is 10.1. The fraction of sp³-hybridized carbons (Fsp3) is 0.500. The van der Waals surface area contributed by atoms with Crippen LogP contribution in [0.1, 0.15) is 37.8 Å². The van der Waals surface area contributed by atoms with Crippen molar-refractivity contribution < 1.29 is 9.47 Å². The molecule has 0 aliphatic carbocycles. The molecule has 0 aliphatic rings. The Morgan fingerprint density at radius 1 is 1.32 bits per heavy atom. The number of nitrogens with one attached hydrogen (secondary N) is 2. The Balaban J connectivity index is 2.71. The summed E-state index contributed by atoms with van der Waals surface area (Å²) >= 11 is 5.17. The van der Waals surface area contributed by atoms with Gasteiger partial charge >= 0.3 is 0 Å². The summed E-state index contributed by atoms with van der Waals surface area (Å²) in [5, 5.41) is 7.96. The van der Waals surface area contributed by atoms with Crippen molar-refractivity contribution in [2.45, 2.75) is 33.3 Å². The summed E-state index contributed by atoms with van der Waals surface area (Å²) in [4.78, 5) is 0. The van der Waals surface area contributed by atoms with E-state index in [1.165, 1.54) is 0 Å². The molecule has 0 radical (unpaired) electrons. The van der Waals surface area contributed by atoms with Crippen LogP contribution < -0.4 is 15.5 Å². The monoisotopic (exact) mass is 323 g/mol. The first kappa shape index (κ1) is 18.4. The molecular weight excluding hydrogens is 298 g/mol. The molecule has 0 aromatic heterocycles. The number of nitrogens with zero attached hydrogens (tertiary/aromatic N) is 1. The van der Waals surface area contributed by atoms with Crippen LogP contribution in [0.25, 0.3) is 0 Å². The van der Waals surface area contributed by atoms with E-state index in [-0.39, 0.29) is 0 Å². The van der Waals surface area contributed by atoms with Gasteiger partial charge in [0, 0.05) is 19.2 Å². The number of ether oxygens (including phenoxy) is 2. The maximum atomic E-state index is 5.32. The van der Waals surface area contributed by atoms with Gasteiger partial charge in [-0.25, -0.2) is 0 Å². The standard InChI is InChI=1S/C16H25N3O2S/c1-5-6-9-17-16(22)19-18-12(2)13-7-8-15(21-4)14(10-13)11-20-3/h7-8,10H,5-6,9,11H2,1-4H3,(H2,17,19,22)/b18-12-. The van der Waals surface area contributed by atoms with Gasteiger partial charge < -0.3 is 14.8 Å². The summed E-state index contributed by atoms with van der Waals surface area (Å²) in [6, 6.07) is 5.89. The van der Waals surface area contributed by atoms with Gasteiger partial charge in [0.1, 0.15) is 5.75 Å². The van der Waals surface area contributed by atoms with Gasteiger partial charge in [-0.1, -0.05) is 13.3 Å². The van der Waals surface area contributed by atoms with Crippen LogP contribution in [-0.4, -0.2) is 31.6 Å². The van der Waals surface area contributed by atoms with Gasteiger partial charge in [-0.15, -0.1) is 0 Å². The van der Waals surface area contributed by atoms with E-state index in [1.54, 1.807) is 14.2 Å². The van der Waals surface area contributed by atoms with E-state index in [1.807, 2.05) is 25.1 Å². The maximum Gasteiger partial charge on any atom is 0.186 e. The Kier molecular flexibility index (Phi) is 8.47. The van der Waals surface area contributed by atoms with Gasteiger partial charge in [0.2, 0.25) is 0 Å². The van der Waals surface area contributed by atoms with Crippen molar-refractivity contribution in [3.05, 3.63) is 29.3 Å². The Bertz CT molecular complexity index is 518. The van der Waals surface area contributed by atoms with Gasteiger partial charge in [-0.05, 0) is 49.3 Å². The molecule has 5 nitrogen and oxygen atoms in total. The fourth-order valence-corrected chi connectivity index (χ4v) is 2.04. The lowest BCUT2D eigenvalue weighted by molar-refractivity contribution is 0.181. The Morgan fingerprint density at radius 3 is 2.73 bits per heavy atom. The highest BCUT2D eigenvalue weighted by atomic mass is 32.1. The summed E-state index contributed by atoms with van der Waals surface area (Å²) in [6.07, 6.45) is 2.22. The third-order valence-electron chi connectivity index (χ3n) is 3.14. The second kappa shape index (κ2) is 10.1. The van der Waals surface area contributed by atoms with Crippen LogP contribution in [0, 0.1) is 0 Å². The minimum atomic E-state index is 0.495. The minimum Gasteiger partial charge on any atom is -0.496 e. The number of unbranched alkanes of at least 4 members (excludes halogenated alkanes) is 1. The van der Waals surface area contributed by atoms with Crippen LogP contribution in [0.4, 0.5) is 0 Å². The molecule has 122 valence electrons. The summed E-state index contributed by atoms with van der Waals surface area (Å²) in [6.45, 7) is 5.42. The van der Waals surface area contributed by atoms with Gasteiger partial charge in [0.15, 0.2) is 5.11 Å². The van der Waals surface area contributed by atoms with Gasteiger partial charge in [-0.2, -0.15) is 5.10 Å². The highest BCUT2D eigenvalue weighted by Crippen LogP contribution is 2.21. The summed E-state index contributed by atoms with van der Waals surface area (Å²) in [5.74, 6) is 0.808. The molecule has 1 aromatic rings. The zero-order valence-electron chi connectivity index (χ0n) is 13.7. The van der Waals surface area contributed by atoms with E-state index in [2.05, 4.69) is 22.8 Å². The molecule has 0 saturated heterocycles. The van der Waals surface area contributed by atoms with Crippen LogP contribution in [0.5, 0.6) is 5.75 Å². The molecule has 0 bridgehead atoms. The van der Waals surface area contributed by atoms with Crippen molar-refractivity contribution in [2.75, 3.05) is 20.8 Å². The zero-order chi connectivity index (χ0) is 16.4. The molecule has 1 rings (SSSR count). The molecule has 0 amide bonds. The number of thiocarbonyl (C=S) groups is 1. The third kappa shape index (κ3) is 5.99. The molecule has 0 saturated carbocycles. The van der Waals surface area contributed by atoms with Gasteiger partial charge in [0.05, 0.1) is 19.4 Å².